The molecule has 2 rings (SSSR count). The maximum atomic E-state index is 12.6. The van der Waals surface area contributed by atoms with E-state index in [9.17, 15) is 4.79 Å². The number of benzene rings is 1. The SMILES string of the molecule is CCCCCC(=O)N1CCCC(NCC)c2ccccc21. The highest BCUT2D eigenvalue weighted by atomic mass is 16.2. The van der Waals surface area contributed by atoms with Crippen LogP contribution >= 0.6 is 0 Å². The molecule has 0 bridgehead atoms. The summed E-state index contributed by atoms with van der Waals surface area (Å²) < 4.78 is 0. The summed E-state index contributed by atoms with van der Waals surface area (Å²) in [5, 5.41) is 3.55. The minimum atomic E-state index is 0.285. The molecule has 0 radical (unpaired) electrons. The molecule has 1 aromatic rings. The van der Waals surface area contributed by atoms with E-state index in [-0.39, 0.29) is 5.91 Å². The number of amides is 1. The van der Waals surface area contributed by atoms with E-state index in [1.54, 1.807) is 0 Å². The molecule has 3 heteroatoms. The van der Waals surface area contributed by atoms with E-state index in [4.69, 9.17) is 0 Å². The molecule has 0 saturated heterocycles. The van der Waals surface area contributed by atoms with E-state index in [2.05, 4.69) is 37.4 Å². The second kappa shape index (κ2) is 8.18. The van der Waals surface area contributed by atoms with Crippen LogP contribution in [-0.2, 0) is 4.79 Å². The maximum absolute atomic E-state index is 12.6. The van der Waals surface area contributed by atoms with Crippen molar-refractivity contribution in [1.29, 1.82) is 0 Å². The zero-order valence-corrected chi connectivity index (χ0v) is 13.4. The van der Waals surface area contributed by atoms with Gasteiger partial charge in [0.2, 0.25) is 5.91 Å². The Morgan fingerprint density at radius 1 is 1.29 bits per heavy atom. The van der Waals surface area contributed by atoms with Gasteiger partial charge in [0.05, 0.1) is 0 Å². The van der Waals surface area contributed by atoms with Crippen LogP contribution in [0.15, 0.2) is 24.3 Å². The topological polar surface area (TPSA) is 32.3 Å². The average Bonchev–Trinajstić information content (AvgIpc) is 2.68. The zero-order chi connectivity index (χ0) is 15.1. The molecular weight excluding hydrogens is 260 g/mol. The molecule has 1 amide bonds. The van der Waals surface area contributed by atoms with Gasteiger partial charge in [0.1, 0.15) is 0 Å². The lowest BCUT2D eigenvalue weighted by molar-refractivity contribution is -0.118. The highest BCUT2D eigenvalue weighted by molar-refractivity contribution is 5.94. The number of nitrogens with one attached hydrogen (secondary N) is 1. The van der Waals surface area contributed by atoms with Gasteiger partial charge < -0.3 is 10.2 Å². The van der Waals surface area contributed by atoms with Crippen molar-refractivity contribution in [3.63, 3.8) is 0 Å². The van der Waals surface area contributed by atoms with E-state index in [0.29, 0.717) is 12.5 Å². The molecule has 0 aliphatic carbocycles. The number of rotatable bonds is 6. The van der Waals surface area contributed by atoms with Gasteiger partial charge in [0.15, 0.2) is 0 Å². The lowest BCUT2D eigenvalue weighted by Crippen LogP contribution is -2.31. The van der Waals surface area contributed by atoms with Gasteiger partial charge in [-0.05, 0) is 37.4 Å². The molecule has 1 unspecified atom stereocenters. The summed E-state index contributed by atoms with van der Waals surface area (Å²) in [5.74, 6) is 0.285. The van der Waals surface area contributed by atoms with Gasteiger partial charge in [-0.15, -0.1) is 0 Å². The number of carbonyl (C=O) groups excluding carboxylic acids is 1. The highest BCUT2D eigenvalue weighted by Crippen LogP contribution is 2.33. The first-order valence-electron chi connectivity index (χ1n) is 8.40. The van der Waals surface area contributed by atoms with Crippen molar-refractivity contribution in [3.8, 4) is 0 Å². The summed E-state index contributed by atoms with van der Waals surface area (Å²) in [5.41, 5.74) is 2.39. The number of anilines is 1. The van der Waals surface area contributed by atoms with E-state index in [1.165, 1.54) is 5.56 Å². The van der Waals surface area contributed by atoms with Crippen LogP contribution < -0.4 is 10.2 Å². The van der Waals surface area contributed by atoms with Crippen molar-refractivity contribution >= 4 is 11.6 Å². The van der Waals surface area contributed by atoms with Crippen molar-refractivity contribution in [2.75, 3.05) is 18.0 Å². The Morgan fingerprint density at radius 2 is 2.10 bits per heavy atom. The number of nitrogens with zero attached hydrogens (tertiary/aromatic N) is 1. The van der Waals surface area contributed by atoms with Crippen molar-refractivity contribution < 1.29 is 4.79 Å². The normalized spacial score (nSPS) is 18.2. The van der Waals surface area contributed by atoms with Crippen LogP contribution in [0.25, 0.3) is 0 Å². The summed E-state index contributed by atoms with van der Waals surface area (Å²) in [6, 6.07) is 8.76. The molecule has 1 aromatic carbocycles. The Balaban J connectivity index is 2.18. The molecule has 21 heavy (non-hydrogen) atoms. The fourth-order valence-electron chi connectivity index (χ4n) is 3.14. The molecule has 1 atom stereocenters. The van der Waals surface area contributed by atoms with Crippen LogP contribution in [-0.4, -0.2) is 19.0 Å². The lowest BCUT2D eigenvalue weighted by Gasteiger charge is -2.24. The lowest BCUT2D eigenvalue weighted by atomic mass is 10.0. The number of fused-ring (bicyclic) bond motifs is 1. The standard InChI is InChI=1S/C18H28N2O/c1-3-5-6-13-18(21)20-14-9-11-16(19-4-2)15-10-7-8-12-17(15)20/h7-8,10,12,16,19H,3-6,9,11,13-14H2,1-2H3. The second-order valence-electron chi connectivity index (χ2n) is 5.81. The average molecular weight is 288 g/mol. The van der Waals surface area contributed by atoms with Crippen LogP contribution in [0, 0.1) is 0 Å². The molecule has 116 valence electrons. The third-order valence-electron chi connectivity index (χ3n) is 4.22. The molecule has 0 spiro atoms. The predicted octanol–water partition coefficient (Wildman–Crippen LogP) is 4.04. The fraction of sp³-hybridized carbons (Fsp3) is 0.611. The summed E-state index contributed by atoms with van der Waals surface area (Å²) in [6.45, 7) is 6.13. The first-order valence-corrected chi connectivity index (χ1v) is 8.40. The Bertz CT molecular complexity index is 458. The van der Waals surface area contributed by atoms with E-state index in [1.807, 2.05) is 11.0 Å². The second-order valence-corrected chi connectivity index (χ2v) is 5.81. The number of hydrogen-bond donors (Lipinski definition) is 1. The zero-order valence-electron chi connectivity index (χ0n) is 13.4. The summed E-state index contributed by atoms with van der Waals surface area (Å²) in [4.78, 5) is 14.6. The number of carbonyl (C=O) groups is 1. The Hall–Kier alpha value is -1.35. The Morgan fingerprint density at radius 3 is 2.86 bits per heavy atom. The molecule has 0 aromatic heterocycles. The van der Waals surface area contributed by atoms with Crippen LogP contribution in [0.4, 0.5) is 5.69 Å². The van der Waals surface area contributed by atoms with Gasteiger partial charge in [-0.1, -0.05) is 44.9 Å². The first kappa shape index (κ1) is 16.0. The minimum Gasteiger partial charge on any atom is -0.312 e. The molecule has 0 saturated carbocycles. The van der Waals surface area contributed by atoms with Crippen molar-refractivity contribution in [2.24, 2.45) is 0 Å². The fourth-order valence-corrected chi connectivity index (χ4v) is 3.14. The molecule has 3 nitrogen and oxygen atoms in total. The van der Waals surface area contributed by atoms with E-state index >= 15 is 0 Å². The maximum Gasteiger partial charge on any atom is 0.226 e. The molecular formula is C18H28N2O. The molecule has 1 heterocycles. The number of unbranched alkanes of at least 4 members (excludes halogenated alkanes) is 2. The monoisotopic (exact) mass is 288 g/mol. The highest BCUT2D eigenvalue weighted by Gasteiger charge is 2.25. The minimum absolute atomic E-state index is 0.285. The van der Waals surface area contributed by atoms with Crippen LogP contribution in [0.2, 0.25) is 0 Å². The molecule has 1 aliphatic rings. The van der Waals surface area contributed by atoms with Gasteiger partial charge in [0.25, 0.3) is 0 Å². The smallest absolute Gasteiger partial charge is 0.226 e. The van der Waals surface area contributed by atoms with Crippen molar-refractivity contribution in [3.05, 3.63) is 29.8 Å². The van der Waals surface area contributed by atoms with Crippen LogP contribution in [0.1, 0.15) is 64.0 Å². The van der Waals surface area contributed by atoms with Crippen LogP contribution in [0.3, 0.4) is 0 Å². The van der Waals surface area contributed by atoms with Crippen molar-refractivity contribution in [1.82, 2.24) is 5.32 Å². The van der Waals surface area contributed by atoms with Gasteiger partial charge in [-0.2, -0.15) is 0 Å². The van der Waals surface area contributed by atoms with Crippen LogP contribution in [0.5, 0.6) is 0 Å². The summed E-state index contributed by atoms with van der Waals surface area (Å²) in [6.07, 6.45) is 6.14. The summed E-state index contributed by atoms with van der Waals surface area (Å²) in [7, 11) is 0. The summed E-state index contributed by atoms with van der Waals surface area (Å²) >= 11 is 0. The van der Waals surface area contributed by atoms with Gasteiger partial charge in [0, 0.05) is 24.7 Å². The van der Waals surface area contributed by atoms with Gasteiger partial charge in [-0.3, -0.25) is 4.79 Å². The molecule has 0 fully saturated rings. The number of hydrogen-bond acceptors (Lipinski definition) is 2. The third kappa shape index (κ3) is 4.07. The van der Waals surface area contributed by atoms with E-state index < -0.39 is 0 Å². The number of para-hydroxylation sites is 1. The Labute approximate surface area is 128 Å². The molecule has 1 aliphatic heterocycles. The van der Waals surface area contributed by atoms with E-state index in [0.717, 1.165) is 50.9 Å². The quantitative estimate of drug-likeness (QED) is 0.801. The van der Waals surface area contributed by atoms with Gasteiger partial charge >= 0.3 is 0 Å². The molecule has 1 N–H and O–H groups in total. The third-order valence-corrected chi connectivity index (χ3v) is 4.22. The van der Waals surface area contributed by atoms with Gasteiger partial charge in [-0.25, -0.2) is 0 Å². The Kier molecular flexibility index (Phi) is 6.24. The largest absolute Gasteiger partial charge is 0.312 e. The first-order chi connectivity index (χ1) is 10.3. The predicted molar refractivity (Wildman–Crippen MR) is 88.6 cm³/mol. The van der Waals surface area contributed by atoms with Crippen molar-refractivity contribution in [2.45, 2.75) is 58.4 Å².